The molecule has 0 unspecified atom stereocenters. The Morgan fingerprint density at radius 3 is 2.91 bits per heavy atom. The van der Waals surface area contributed by atoms with Crippen LogP contribution in [0.15, 0.2) is 18.3 Å². The van der Waals surface area contributed by atoms with E-state index in [2.05, 4.69) is 31.7 Å². The van der Waals surface area contributed by atoms with Crippen LogP contribution in [0.3, 0.4) is 0 Å². The van der Waals surface area contributed by atoms with E-state index in [-0.39, 0.29) is 5.91 Å². The van der Waals surface area contributed by atoms with E-state index in [1.54, 1.807) is 12.1 Å². The standard InChI is InChI=1S/C15H18ClN5O/c1-10-11(2)21-6-5-20(8-14(21)18-10)9-15(22)19-13-4-3-12(16)7-17-13/h3-4,7H,5-6,8-9H2,1-2H3,(H,17,19,22). The molecule has 0 saturated carbocycles. The van der Waals surface area contributed by atoms with E-state index in [0.29, 0.717) is 23.9 Å². The molecule has 2 aromatic rings. The lowest BCUT2D eigenvalue weighted by atomic mass is 10.3. The van der Waals surface area contributed by atoms with Gasteiger partial charge < -0.3 is 9.88 Å². The predicted octanol–water partition coefficient (Wildman–Crippen LogP) is 2.00. The van der Waals surface area contributed by atoms with Gasteiger partial charge in [-0.3, -0.25) is 9.69 Å². The molecule has 22 heavy (non-hydrogen) atoms. The Bertz CT molecular complexity index is 695. The van der Waals surface area contributed by atoms with E-state index in [1.165, 1.54) is 11.9 Å². The number of carbonyl (C=O) groups is 1. The number of aromatic nitrogens is 3. The van der Waals surface area contributed by atoms with Crippen LogP contribution in [-0.2, 0) is 17.9 Å². The number of nitrogens with zero attached hydrogens (tertiary/aromatic N) is 4. The van der Waals surface area contributed by atoms with Crippen molar-refractivity contribution in [1.82, 2.24) is 19.4 Å². The van der Waals surface area contributed by atoms with Gasteiger partial charge in [-0.2, -0.15) is 0 Å². The van der Waals surface area contributed by atoms with Gasteiger partial charge in [0.1, 0.15) is 11.6 Å². The maximum absolute atomic E-state index is 12.1. The molecule has 1 amide bonds. The molecule has 3 heterocycles. The minimum atomic E-state index is -0.0803. The summed E-state index contributed by atoms with van der Waals surface area (Å²) >= 11 is 5.77. The highest BCUT2D eigenvalue weighted by atomic mass is 35.5. The molecule has 0 aromatic carbocycles. The van der Waals surface area contributed by atoms with Gasteiger partial charge in [-0.05, 0) is 26.0 Å². The van der Waals surface area contributed by atoms with E-state index >= 15 is 0 Å². The van der Waals surface area contributed by atoms with Gasteiger partial charge in [0.2, 0.25) is 5.91 Å². The zero-order valence-electron chi connectivity index (χ0n) is 12.6. The Morgan fingerprint density at radius 1 is 1.36 bits per heavy atom. The fraction of sp³-hybridized carbons (Fsp3) is 0.400. The van der Waals surface area contributed by atoms with Gasteiger partial charge in [0, 0.05) is 25.0 Å². The summed E-state index contributed by atoms with van der Waals surface area (Å²) in [6.45, 7) is 6.83. The molecule has 1 aliphatic rings. The smallest absolute Gasteiger partial charge is 0.239 e. The van der Waals surface area contributed by atoms with E-state index in [4.69, 9.17) is 11.6 Å². The number of rotatable bonds is 3. The second-order valence-corrected chi connectivity index (χ2v) is 5.91. The zero-order chi connectivity index (χ0) is 15.7. The highest BCUT2D eigenvalue weighted by molar-refractivity contribution is 6.30. The topological polar surface area (TPSA) is 63.1 Å². The third kappa shape index (κ3) is 3.13. The molecule has 7 heteroatoms. The number of hydrogen-bond donors (Lipinski definition) is 1. The average Bonchev–Trinajstić information content (AvgIpc) is 2.76. The zero-order valence-corrected chi connectivity index (χ0v) is 13.4. The predicted molar refractivity (Wildman–Crippen MR) is 84.9 cm³/mol. The van der Waals surface area contributed by atoms with Crippen molar-refractivity contribution in [3.05, 3.63) is 40.6 Å². The van der Waals surface area contributed by atoms with Crippen LogP contribution in [0.5, 0.6) is 0 Å². The van der Waals surface area contributed by atoms with Crippen LogP contribution in [0, 0.1) is 13.8 Å². The van der Waals surface area contributed by atoms with Crippen molar-refractivity contribution in [2.45, 2.75) is 26.9 Å². The van der Waals surface area contributed by atoms with Crippen LogP contribution in [0.1, 0.15) is 17.2 Å². The fourth-order valence-electron chi connectivity index (χ4n) is 2.63. The van der Waals surface area contributed by atoms with E-state index in [0.717, 1.165) is 24.6 Å². The first-order valence-corrected chi connectivity index (χ1v) is 7.57. The van der Waals surface area contributed by atoms with Crippen molar-refractivity contribution >= 4 is 23.3 Å². The molecule has 0 saturated heterocycles. The molecule has 0 aliphatic carbocycles. The average molecular weight is 320 g/mol. The molecular formula is C15H18ClN5O. The molecule has 2 aromatic heterocycles. The molecule has 116 valence electrons. The number of aryl methyl sites for hydroxylation is 1. The normalized spacial score (nSPS) is 14.7. The van der Waals surface area contributed by atoms with Gasteiger partial charge in [0.15, 0.2) is 0 Å². The fourth-order valence-corrected chi connectivity index (χ4v) is 2.74. The second-order valence-electron chi connectivity index (χ2n) is 5.47. The van der Waals surface area contributed by atoms with Crippen LogP contribution in [0.25, 0.3) is 0 Å². The summed E-state index contributed by atoms with van der Waals surface area (Å²) in [6, 6.07) is 3.39. The Balaban J connectivity index is 1.60. The van der Waals surface area contributed by atoms with Gasteiger partial charge in [-0.1, -0.05) is 11.6 Å². The first-order valence-electron chi connectivity index (χ1n) is 7.19. The molecule has 0 atom stereocenters. The van der Waals surface area contributed by atoms with Crippen molar-refractivity contribution in [2.24, 2.45) is 0 Å². The van der Waals surface area contributed by atoms with Gasteiger partial charge in [-0.25, -0.2) is 9.97 Å². The second kappa shape index (κ2) is 6.06. The lowest BCUT2D eigenvalue weighted by Crippen LogP contribution is -2.39. The summed E-state index contributed by atoms with van der Waals surface area (Å²) in [7, 11) is 0. The summed E-state index contributed by atoms with van der Waals surface area (Å²) in [6.07, 6.45) is 1.51. The monoisotopic (exact) mass is 319 g/mol. The number of fused-ring (bicyclic) bond motifs is 1. The molecule has 1 aliphatic heterocycles. The third-order valence-electron chi connectivity index (χ3n) is 3.90. The van der Waals surface area contributed by atoms with Gasteiger partial charge in [-0.15, -0.1) is 0 Å². The number of amides is 1. The van der Waals surface area contributed by atoms with Gasteiger partial charge >= 0.3 is 0 Å². The van der Waals surface area contributed by atoms with Crippen molar-refractivity contribution in [3.63, 3.8) is 0 Å². The molecular weight excluding hydrogens is 302 g/mol. The van der Waals surface area contributed by atoms with Crippen molar-refractivity contribution in [2.75, 3.05) is 18.4 Å². The number of imidazole rings is 1. The SMILES string of the molecule is Cc1nc2n(c1C)CCN(CC(=O)Nc1ccc(Cl)cn1)C2. The Kier molecular flexibility index (Phi) is 4.13. The van der Waals surface area contributed by atoms with Crippen LogP contribution < -0.4 is 5.32 Å². The maximum Gasteiger partial charge on any atom is 0.239 e. The molecule has 1 N–H and O–H groups in total. The summed E-state index contributed by atoms with van der Waals surface area (Å²) in [5.74, 6) is 1.46. The van der Waals surface area contributed by atoms with Crippen LogP contribution in [0.2, 0.25) is 5.02 Å². The summed E-state index contributed by atoms with van der Waals surface area (Å²) < 4.78 is 2.23. The summed E-state index contributed by atoms with van der Waals surface area (Å²) in [5.41, 5.74) is 2.27. The van der Waals surface area contributed by atoms with Crippen LogP contribution >= 0.6 is 11.6 Å². The molecule has 0 radical (unpaired) electrons. The molecule has 0 fully saturated rings. The molecule has 0 spiro atoms. The number of anilines is 1. The highest BCUT2D eigenvalue weighted by Gasteiger charge is 2.21. The van der Waals surface area contributed by atoms with E-state index in [1.807, 2.05) is 6.92 Å². The molecule has 3 rings (SSSR count). The van der Waals surface area contributed by atoms with E-state index in [9.17, 15) is 4.79 Å². The lowest BCUT2D eigenvalue weighted by Gasteiger charge is -2.27. The summed E-state index contributed by atoms with van der Waals surface area (Å²) in [5, 5.41) is 3.33. The van der Waals surface area contributed by atoms with E-state index < -0.39 is 0 Å². The Morgan fingerprint density at radius 2 is 2.18 bits per heavy atom. The number of carbonyl (C=O) groups excluding carboxylic acids is 1. The van der Waals surface area contributed by atoms with Gasteiger partial charge in [0.25, 0.3) is 0 Å². The number of halogens is 1. The van der Waals surface area contributed by atoms with Crippen molar-refractivity contribution in [3.8, 4) is 0 Å². The van der Waals surface area contributed by atoms with Crippen molar-refractivity contribution in [1.29, 1.82) is 0 Å². The molecule has 6 nitrogen and oxygen atoms in total. The lowest BCUT2D eigenvalue weighted by molar-refractivity contribution is -0.117. The minimum Gasteiger partial charge on any atom is -0.330 e. The van der Waals surface area contributed by atoms with Crippen LogP contribution in [0.4, 0.5) is 5.82 Å². The third-order valence-corrected chi connectivity index (χ3v) is 4.13. The maximum atomic E-state index is 12.1. The van der Waals surface area contributed by atoms with Gasteiger partial charge in [0.05, 0.1) is 23.8 Å². The minimum absolute atomic E-state index is 0.0803. The van der Waals surface area contributed by atoms with Crippen LogP contribution in [-0.4, -0.2) is 38.4 Å². The summed E-state index contributed by atoms with van der Waals surface area (Å²) in [4.78, 5) is 22.8. The first-order chi connectivity index (χ1) is 10.5. The Hall–Kier alpha value is -1.92. The largest absolute Gasteiger partial charge is 0.330 e. The number of hydrogen-bond acceptors (Lipinski definition) is 4. The quantitative estimate of drug-likeness (QED) is 0.940. The number of nitrogens with one attached hydrogen (secondary N) is 1. The first kappa shape index (κ1) is 15.0. The van der Waals surface area contributed by atoms with Crippen molar-refractivity contribution < 1.29 is 4.79 Å². The number of pyridine rings is 1. The Labute approximate surface area is 134 Å². The highest BCUT2D eigenvalue weighted by Crippen LogP contribution is 2.17. The molecule has 0 bridgehead atoms.